The minimum atomic E-state index is 0.201. The lowest BCUT2D eigenvalue weighted by Crippen LogP contribution is -2.38. The molecular weight excluding hydrogens is 212 g/mol. The van der Waals surface area contributed by atoms with Crippen LogP contribution in [0.4, 0.5) is 5.69 Å². The topological polar surface area (TPSA) is 38.5 Å². The molecule has 1 saturated heterocycles. The molecule has 0 radical (unpaired) electrons. The van der Waals surface area contributed by atoms with Gasteiger partial charge in [-0.05, 0) is 30.9 Å². The second-order valence-electron chi connectivity index (χ2n) is 5.04. The van der Waals surface area contributed by atoms with Gasteiger partial charge in [-0.25, -0.2) is 0 Å². The number of para-hydroxylation sites is 1. The molecule has 92 valence electrons. The second kappa shape index (κ2) is 4.67. The van der Waals surface area contributed by atoms with Crippen LogP contribution in [0.3, 0.4) is 0 Å². The summed E-state index contributed by atoms with van der Waals surface area (Å²) in [5.74, 6) is 0. The molecular formula is C14H20N2O. The van der Waals surface area contributed by atoms with Crippen molar-refractivity contribution in [1.82, 2.24) is 0 Å². The fraction of sp³-hybridized carbons (Fsp3) is 0.571. The Bertz CT molecular complexity index is 388. The summed E-state index contributed by atoms with van der Waals surface area (Å²) in [6.45, 7) is 3.00. The number of rotatable bonds is 2. The molecule has 2 heterocycles. The number of nitrogens with two attached hydrogens (primary N) is 1. The van der Waals surface area contributed by atoms with Gasteiger partial charge < -0.3 is 15.4 Å². The van der Waals surface area contributed by atoms with Gasteiger partial charge in [-0.2, -0.15) is 0 Å². The average molecular weight is 232 g/mol. The van der Waals surface area contributed by atoms with E-state index in [0.29, 0.717) is 6.10 Å². The zero-order chi connectivity index (χ0) is 11.7. The molecule has 2 unspecified atom stereocenters. The first-order valence-corrected chi connectivity index (χ1v) is 6.55. The van der Waals surface area contributed by atoms with E-state index in [2.05, 4.69) is 29.2 Å². The van der Waals surface area contributed by atoms with E-state index in [0.717, 1.165) is 26.1 Å². The van der Waals surface area contributed by atoms with Crippen molar-refractivity contribution in [1.29, 1.82) is 0 Å². The van der Waals surface area contributed by atoms with E-state index in [-0.39, 0.29) is 6.04 Å². The third-order valence-electron chi connectivity index (χ3n) is 3.83. The number of ether oxygens (including phenoxy) is 1. The highest BCUT2D eigenvalue weighted by Crippen LogP contribution is 2.32. The summed E-state index contributed by atoms with van der Waals surface area (Å²) in [5, 5.41) is 0. The highest BCUT2D eigenvalue weighted by Gasteiger charge is 2.25. The normalized spacial score (nSPS) is 28.2. The minimum Gasteiger partial charge on any atom is -0.376 e. The Kier molecular flexibility index (Phi) is 3.04. The van der Waals surface area contributed by atoms with Crippen LogP contribution in [0.25, 0.3) is 0 Å². The fourth-order valence-corrected chi connectivity index (χ4v) is 2.88. The molecule has 0 spiro atoms. The molecule has 0 amide bonds. The predicted molar refractivity (Wildman–Crippen MR) is 69.2 cm³/mol. The van der Waals surface area contributed by atoms with Crippen LogP contribution in [0, 0.1) is 0 Å². The summed E-state index contributed by atoms with van der Waals surface area (Å²) in [4.78, 5) is 2.44. The van der Waals surface area contributed by atoms with Gasteiger partial charge in [-0.3, -0.25) is 0 Å². The van der Waals surface area contributed by atoms with Crippen molar-refractivity contribution in [2.45, 2.75) is 31.4 Å². The van der Waals surface area contributed by atoms with Crippen molar-refractivity contribution in [2.24, 2.45) is 5.73 Å². The van der Waals surface area contributed by atoms with Gasteiger partial charge in [-0.15, -0.1) is 0 Å². The van der Waals surface area contributed by atoms with Gasteiger partial charge in [0.25, 0.3) is 0 Å². The van der Waals surface area contributed by atoms with E-state index in [1.165, 1.54) is 24.1 Å². The summed E-state index contributed by atoms with van der Waals surface area (Å²) in [6, 6.07) is 8.71. The summed E-state index contributed by atoms with van der Waals surface area (Å²) in [6.07, 6.45) is 3.87. The van der Waals surface area contributed by atoms with E-state index >= 15 is 0 Å². The van der Waals surface area contributed by atoms with Gasteiger partial charge in [0, 0.05) is 31.4 Å². The zero-order valence-electron chi connectivity index (χ0n) is 10.1. The molecule has 0 aromatic heterocycles. The van der Waals surface area contributed by atoms with Crippen LogP contribution in [0.15, 0.2) is 24.3 Å². The number of hydrogen-bond donors (Lipinski definition) is 1. The molecule has 0 bridgehead atoms. The third-order valence-corrected chi connectivity index (χ3v) is 3.83. The minimum absolute atomic E-state index is 0.201. The smallest absolute Gasteiger partial charge is 0.0750 e. The van der Waals surface area contributed by atoms with Crippen LogP contribution >= 0.6 is 0 Å². The Morgan fingerprint density at radius 1 is 1.29 bits per heavy atom. The molecule has 0 saturated carbocycles. The van der Waals surface area contributed by atoms with Crippen LogP contribution in [0.2, 0.25) is 0 Å². The van der Waals surface area contributed by atoms with Gasteiger partial charge in [-0.1, -0.05) is 18.2 Å². The highest BCUT2D eigenvalue weighted by molar-refractivity contribution is 5.56. The van der Waals surface area contributed by atoms with E-state index in [4.69, 9.17) is 10.5 Å². The number of fused-ring (bicyclic) bond motifs is 1. The Morgan fingerprint density at radius 2 is 2.18 bits per heavy atom. The second-order valence-corrected chi connectivity index (χ2v) is 5.04. The Labute approximate surface area is 103 Å². The molecule has 2 aliphatic rings. The molecule has 2 atom stereocenters. The number of nitrogens with zero attached hydrogens (tertiary/aromatic N) is 1. The largest absolute Gasteiger partial charge is 0.376 e. The predicted octanol–water partition coefficient (Wildman–Crippen LogP) is 2.08. The number of anilines is 1. The van der Waals surface area contributed by atoms with Gasteiger partial charge in [0.15, 0.2) is 0 Å². The molecule has 1 aromatic rings. The Balaban J connectivity index is 1.79. The third kappa shape index (κ3) is 2.17. The van der Waals surface area contributed by atoms with Gasteiger partial charge in [0.1, 0.15) is 0 Å². The molecule has 1 aromatic carbocycles. The molecule has 0 aliphatic carbocycles. The SMILES string of the molecule is NC1CCN(CC2CCCO2)c2ccccc21. The average Bonchev–Trinajstić information content (AvgIpc) is 2.86. The van der Waals surface area contributed by atoms with Crippen molar-refractivity contribution in [3.05, 3.63) is 29.8 Å². The van der Waals surface area contributed by atoms with Crippen molar-refractivity contribution >= 4 is 5.69 Å². The van der Waals surface area contributed by atoms with Crippen molar-refractivity contribution in [3.8, 4) is 0 Å². The van der Waals surface area contributed by atoms with Crippen molar-refractivity contribution in [2.75, 3.05) is 24.6 Å². The molecule has 3 rings (SSSR count). The quantitative estimate of drug-likeness (QED) is 0.848. The lowest BCUT2D eigenvalue weighted by atomic mass is 9.97. The molecule has 2 N–H and O–H groups in total. The fourth-order valence-electron chi connectivity index (χ4n) is 2.88. The van der Waals surface area contributed by atoms with Gasteiger partial charge >= 0.3 is 0 Å². The first kappa shape index (κ1) is 11.1. The molecule has 3 nitrogen and oxygen atoms in total. The van der Waals surface area contributed by atoms with Crippen molar-refractivity contribution in [3.63, 3.8) is 0 Å². The van der Waals surface area contributed by atoms with Crippen LogP contribution in [0.5, 0.6) is 0 Å². The zero-order valence-corrected chi connectivity index (χ0v) is 10.1. The van der Waals surface area contributed by atoms with E-state index in [1.807, 2.05) is 0 Å². The first-order chi connectivity index (χ1) is 8.34. The van der Waals surface area contributed by atoms with Gasteiger partial charge in [0.2, 0.25) is 0 Å². The summed E-state index contributed by atoms with van der Waals surface area (Å²) >= 11 is 0. The van der Waals surface area contributed by atoms with Gasteiger partial charge in [0.05, 0.1) is 6.10 Å². The maximum Gasteiger partial charge on any atom is 0.0750 e. The summed E-state index contributed by atoms with van der Waals surface area (Å²) < 4.78 is 5.72. The Morgan fingerprint density at radius 3 is 3.00 bits per heavy atom. The molecule has 17 heavy (non-hydrogen) atoms. The molecule has 1 fully saturated rings. The standard InChI is InChI=1S/C14H20N2O/c15-13-7-8-16(10-11-4-3-9-17-11)14-6-2-1-5-12(13)14/h1-2,5-6,11,13H,3-4,7-10,15H2. The number of hydrogen-bond acceptors (Lipinski definition) is 3. The highest BCUT2D eigenvalue weighted by atomic mass is 16.5. The number of benzene rings is 1. The van der Waals surface area contributed by atoms with Crippen LogP contribution in [-0.2, 0) is 4.74 Å². The molecule has 3 heteroatoms. The van der Waals surface area contributed by atoms with E-state index < -0.39 is 0 Å². The van der Waals surface area contributed by atoms with E-state index in [1.54, 1.807) is 0 Å². The van der Waals surface area contributed by atoms with E-state index in [9.17, 15) is 0 Å². The Hall–Kier alpha value is -1.06. The monoisotopic (exact) mass is 232 g/mol. The van der Waals surface area contributed by atoms with Crippen LogP contribution in [-0.4, -0.2) is 25.8 Å². The lowest BCUT2D eigenvalue weighted by molar-refractivity contribution is 0.115. The summed E-state index contributed by atoms with van der Waals surface area (Å²) in [5.41, 5.74) is 8.75. The maximum absolute atomic E-state index is 6.16. The van der Waals surface area contributed by atoms with Crippen molar-refractivity contribution < 1.29 is 4.74 Å². The summed E-state index contributed by atoms with van der Waals surface area (Å²) in [7, 11) is 0. The lowest BCUT2D eigenvalue weighted by Gasteiger charge is -2.35. The van der Waals surface area contributed by atoms with Crippen LogP contribution < -0.4 is 10.6 Å². The maximum atomic E-state index is 6.16. The molecule has 2 aliphatic heterocycles. The van der Waals surface area contributed by atoms with Crippen LogP contribution in [0.1, 0.15) is 30.9 Å². The first-order valence-electron chi connectivity index (χ1n) is 6.55.